The number of hydrogen-bond donors (Lipinski definition) is 0. The Hall–Kier alpha value is -1.62. The summed E-state index contributed by atoms with van der Waals surface area (Å²) in [6.07, 6.45) is 2.91. The first-order chi connectivity index (χ1) is 11.1. The molecule has 1 aromatic carbocycles. The molecule has 1 atom stereocenters. The van der Waals surface area contributed by atoms with Crippen molar-refractivity contribution in [1.82, 2.24) is 9.80 Å². The van der Waals surface area contributed by atoms with Crippen LogP contribution in [0.4, 0.5) is 10.1 Å². The first-order valence-corrected chi connectivity index (χ1v) is 8.66. The van der Waals surface area contributed by atoms with Crippen LogP contribution in [0.2, 0.25) is 0 Å². The SMILES string of the molecule is C[C@H]1CCCN1C(=O)CCN1CCN(c2ccc(F)cc2)CC1. The molecule has 0 aliphatic carbocycles. The zero-order chi connectivity index (χ0) is 16.2. The van der Waals surface area contributed by atoms with Crippen molar-refractivity contribution in [2.24, 2.45) is 0 Å². The summed E-state index contributed by atoms with van der Waals surface area (Å²) in [6, 6.07) is 7.11. The monoisotopic (exact) mass is 319 g/mol. The van der Waals surface area contributed by atoms with Gasteiger partial charge >= 0.3 is 0 Å². The van der Waals surface area contributed by atoms with Crippen LogP contribution in [0.25, 0.3) is 0 Å². The van der Waals surface area contributed by atoms with Gasteiger partial charge in [0.05, 0.1) is 0 Å². The highest BCUT2D eigenvalue weighted by Crippen LogP contribution is 2.19. The fourth-order valence-corrected chi connectivity index (χ4v) is 3.58. The Morgan fingerprint density at radius 3 is 2.43 bits per heavy atom. The van der Waals surface area contributed by atoms with E-state index in [1.807, 2.05) is 17.0 Å². The van der Waals surface area contributed by atoms with Gasteiger partial charge in [-0.05, 0) is 44.0 Å². The normalized spacial score (nSPS) is 22.6. The van der Waals surface area contributed by atoms with E-state index in [2.05, 4.69) is 16.7 Å². The number of carbonyl (C=O) groups is 1. The van der Waals surface area contributed by atoms with Crippen LogP contribution in [0.5, 0.6) is 0 Å². The summed E-state index contributed by atoms with van der Waals surface area (Å²) < 4.78 is 13.0. The maximum absolute atomic E-state index is 13.0. The zero-order valence-electron chi connectivity index (χ0n) is 13.9. The Labute approximate surface area is 137 Å². The smallest absolute Gasteiger partial charge is 0.224 e. The molecule has 0 bridgehead atoms. The molecule has 2 aliphatic heterocycles. The number of nitrogens with zero attached hydrogens (tertiary/aromatic N) is 3. The largest absolute Gasteiger partial charge is 0.369 e. The number of hydrogen-bond acceptors (Lipinski definition) is 3. The summed E-state index contributed by atoms with van der Waals surface area (Å²) in [4.78, 5) is 18.9. The number of piperazine rings is 1. The third kappa shape index (κ3) is 4.02. The highest BCUT2D eigenvalue weighted by molar-refractivity contribution is 5.77. The van der Waals surface area contributed by atoms with Crippen molar-refractivity contribution in [3.8, 4) is 0 Å². The second kappa shape index (κ2) is 7.30. The first-order valence-electron chi connectivity index (χ1n) is 8.66. The summed E-state index contributed by atoms with van der Waals surface area (Å²) >= 11 is 0. The maximum Gasteiger partial charge on any atom is 0.224 e. The molecule has 23 heavy (non-hydrogen) atoms. The molecule has 4 nitrogen and oxygen atoms in total. The number of anilines is 1. The van der Waals surface area contributed by atoms with Crippen LogP contribution in [-0.4, -0.2) is 61.0 Å². The average Bonchev–Trinajstić information content (AvgIpc) is 3.00. The van der Waals surface area contributed by atoms with Crippen LogP contribution in [-0.2, 0) is 4.79 Å². The maximum atomic E-state index is 13.0. The molecule has 0 unspecified atom stereocenters. The fourth-order valence-electron chi connectivity index (χ4n) is 3.58. The summed E-state index contributed by atoms with van der Waals surface area (Å²) in [5, 5.41) is 0. The number of halogens is 1. The van der Waals surface area contributed by atoms with Crippen LogP contribution in [0, 0.1) is 5.82 Å². The molecule has 2 heterocycles. The van der Waals surface area contributed by atoms with E-state index < -0.39 is 0 Å². The van der Waals surface area contributed by atoms with E-state index in [1.54, 1.807) is 0 Å². The standard InChI is InChI=1S/C18H26FN3O/c1-15-3-2-9-22(15)18(23)8-10-20-11-13-21(14-12-20)17-6-4-16(19)5-7-17/h4-7,15H,2-3,8-14H2,1H3/t15-/m0/s1. The van der Waals surface area contributed by atoms with Gasteiger partial charge in [-0.15, -0.1) is 0 Å². The van der Waals surface area contributed by atoms with Gasteiger partial charge in [-0.25, -0.2) is 4.39 Å². The van der Waals surface area contributed by atoms with Crippen LogP contribution in [0.3, 0.4) is 0 Å². The lowest BCUT2D eigenvalue weighted by Gasteiger charge is -2.36. The minimum atomic E-state index is -0.193. The quantitative estimate of drug-likeness (QED) is 0.852. The van der Waals surface area contributed by atoms with Gasteiger partial charge in [0.15, 0.2) is 0 Å². The van der Waals surface area contributed by atoms with Gasteiger partial charge in [0.2, 0.25) is 5.91 Å². The number of rotatable bonds is 4. The average molecular weight is 319 g/mol. The minimum Gasteiger partial charge on any atom is -0.369 e. The third-order valence-corrected chi connectivity index (χ3v) is 5.08. The van der Waals surface area contributed by atoms with E-state index >= 15 is 0 Å². The van der Waals surface area contributed by atoms with Crippen LogP contribution in [0.15, 0.2) is 24.3 Å². The Morgan fingerprint density at radius 1 is 1.13 bits per heavy atom. The number of benzene rings is 1. The molecule has 126 valence electrons. The second-order valence-corrected chi connectivity index (χ2v) is 6.63. The topological polar surface area (TPSA) is 26.8 Å². The summed E-state index contributed by atoms with van der Waals surface area (Å²) in [5.74, 6) is 0.109. The molecular formula is C18H26FN3O. The van der Waals surface area contributed by atoms with Crippen molar-refractivity contribution in [2.75, 3.05) is 44.2 Å². The lowest BCUT2D eigenvalue weighted by atomic mass is 10.2. The van der Waals surface area contributed by atoms with Gasteiger partial charge in [-0.3, -0.25) is 9.69 Å². The third-order valence-electron chi connectivity index (χ3n) is 5.08. The molecular weight excluding hydrogens is 293 g/mol. The van der Waals surface area contributed by atoms with E-state index in [0.29, 0.717) is 18.4 Å². The van der Waals surface area contributed by atoms with E-state index in [0.717, 1.165) is 57.8 Å². The van der Waals surface area contributed by atoms with Crippen molar-refractivity contribution in [3.63, 3.8) is 0 Å². The van der Waals surface area contributed by atoms with E-state index in [4.69, 9.17) is 0 Å². The molecule has 2 aliphatic rings. The Kier molecular flexibility index (Phi) is 5.16. The fraction of sp³-hybridized carbons (Fsp3) is 0.611. The van der Waals surface area contributed by atoms with Crippen LogP contribution in [0.1, 0.15) is 26.2 Å². The zero-order valence-corrected chi connectivity index (χ0v) is 13.9. The van der Waals surface area contributed by atoms with Gasteiger partial charge in [0.1, 0.15) is 5.82 Å². The van der Waals surface area contributed by atoms with E-state index in [1.165, 1.54) is 12.1 Å². The molecule has 0 radical (unpaired) electrons. The lowest BCUT2D eigenvalue weighted by molar-refractivity contribution is -0.132. The Morgan fingerprint density at radius 2 is 1.83 bits per heavy atom. The minimum absolute atomic E-state index is 0.193. The predicted octanol–water partition coefficient (Wildman–Crippen LogP) is 2.35. The van der Waals surface area contributed by atoms with E-state index in [-0.39, 0.29) is 5.82 Å². The van der Waals surface area contributed by atoms with Crippen molar-refractivity contribution < 1.29 is 9.18 Å². The summed E-state index contributed by atoms with van der Waals surface area (Å²) in [6.45, 7) is 7.70. The number of likely N-dealkylation sites (tertiary alicyclic amines) is 1. The van der Waals surface area contributed by atoms with Gasteiger partial charge in [-0.2, -0.15) is 0 Å². The predicted molar refractivity (Wildman–Crippen MR) is 90.1 cm³/mol. The second-order valence-electron chi connectivity index (χ2n) is 6.63. The molecule has 0 N–H and O–H groups in total. The molecule has 0 aromatic heterocycles. The molecule has 2 fully saturated rings. The van der Waals surface area contributed by atoms with Gasteiger partial charge in [0.25, 0.3) is 0 Å². The molecule has 0 saturated carbocycles. The molecule has 3 rings (SSSR count). The highest BCUT2D eigenvalue weighted by Gasteiger charge is 2.25. The van der Waals surface area contributed by atoms with Crippen molar-refractivity contribution >= 4 is 11.6 Å². The van der Waals surface area contributed by atoms with Crippen LogP contribution >= 0.6 is 0 Å². The van der Waals surface area contributed by atoms with Crippen molar-refractivity contribution in [1.29, 1.82) is 0 Å². The van der Waals surface area contributed by atoms with Crippen molar-refractivity contribution in [3.05, 3.63) is 30.1 Å². The van der Waals surface area contributed by atoms with Crippen LogP contribution < -0.4 is 4.90 Å². The number of amides is 1. The molecule has 1 aromatic rings. The Bertz CT molecular complexity index is 526. The van der Waals surface area contributed by atoms with Gasteiger partial charge < -0.3 is 9.80 Å². The van der Waals surface area contributed by atoms with Gasteiger partial charge in [0, 0.05) is 57.4 Å². The molecule has 2 saturated heterocycles. The first kappa shape index (κ1) is 16.2. The molecule has 1 amide bonds. The summed E-state index contributed by atoms with van der Waals surface area (Å²) in [7, 11) is 0. The summed E-state index contributed by atoms with van der Waals surface area (Å²) in [5.41, 5.74) is 1.08. The molecule has 5 heteroatoms. The highest BCUT2D eigenvalue weighted by atomic mass is 19.1. The van der Waals surface area contributed by atoms with E-state index in [9.17, 15) is 9.18 Å². The van der Waals surface area contributed by atoms with Crippen molar-refractivity contribution in [2.45, 2.75) is 32.2 Å². The van der Waals surface area contributed by atoms with Gasteiger partial charge in [-0.1, -0.05) is 0 Å². The Balaban J connectivity index is 1.42. The molecule has 0 spiro atoms. The number of carbonyl (C=O) groups excluding carboxylic acids is 1. The lowest BCUT2D eigenvalue weighted by Crippen LogP contribution is -2.47.